The van der Waals surface area contributed by atoms with Crippen molar-refractivity contribution < 1.29 is 13.2 Å². The molecule has 0 spiro atoms. The zero-order valence-electron chi connectivity index (χ0n) is 6.55. The predicted octanol–water partition coefficient (Wildman–Crippen LogP) is -0.451. The highest BCUT2D eigenvalue weighted by Gasteiger charge is 2.02. The SMILES string of the molecule is CCOC(=N)CNS(C)(=O)=O. The summed E-state index contributed by atoms with van der Waals surface area (Å²) in [5.74, 6) is -0.0714. The molecular formula is C5H12N2O3S. The maximum atomic E-state index is 10.5. The van der Waals surface area contributed by atoms with Gasteiger partial charge in [-0.2, -0.15) is 0 Å². The van der Waals surface area contributed by atoms with Crippen molar-refractivity contribution in [2.45, 2.75) is 6.92 Å². The van der Waals surface area contributed by atoms with Gasteiger partial charge in [-0.15, -0.1) is 0 Å². The standard InChI is InChI=1S/C5H12N2O3S/c1-3-10-5(6)4-7-11(2,8)9/h6-7H,3-4H2,1-2H3. The van der Waals surface area contributed by atoms with Crippen LogP contribution in [0, 0.1) is 5.41 Å². The summed E-state index contributed by atoms with van der Waals surface area (Å²) in [6.45, 7) is 2.03. The summed E-state index contributed by atoms with van der Waals surface area (Å²) in [5.41, 5.74) is 0. The molecule has 6 heteroatoms. The highest BCUT2D eigenvalue weighted by molar-refractivity contribution is 7.88. The molecule has 2 N–H and O–H groups in total. The lowest BCUT2D eigenvalue weighted by Crippen LogP contribution is -2.29. The molecular weight excluding hydrogens is 168 g/mol. The van der Waals surface area contributed by atoms with Crippen LogP contribution in [0.15, 0.2) is 0 Å². The molecule has 0 bridgehead atoms. The van der Waals surface area contributed by atoms with Gasteiger partial charge in [0.15, 0.2) is 5.90 Å². The number of rotatable bonds is 4. The molecule has 0 aliphatic heterocycles. The molecule has 0 aromatic rings. The third-order valence-electron chi connectivity index (χ3n) is 0.813. The first-order valence-electron chi connectivity index (χ1n) is 3.10. The summed E-state index contributed by atoms with van der Waals surface area (Å²) in [6.07, 6.45) is 1.03. The smallest absolute Gasteiger partial charge is 0.209 e. The molecule has 0 saturated carbocycles. The van der Waals surface area contributed by atoms with E-state index in [9.17, 15) is 8.42 Å². The summed E-state index contributed by atoms with van der Waals surface area (Å²) in [6, 6.07) is 0. The van der Waals surface area contributed by atoms with Crippen molar-refractivity contribution in [1.29, 1.82) is 5.41 Å². The van der Waals surface area contributed by atoms with Gasteiger partial charge < -0.3 is 4.74 Å². The number of hydrogen-bond donors (Lipinski definition) is 2. The Labute approximate surface area is 66.3 Å². The molecule has 0 heterocycles. The van der Waals surface area contributed by atoms with Crippen molar-refractivity contribution in [1.82, 2.24) is 4.72 Å². The Hall–Kier alpha value is -0.620. The Morgan fingerprint density at radius 1 is 1.64 bits per heavy atom. The van der Waals surface area contributed by atoms with Crippen molar-refractivity contribution in [2.75, 3.05) is 19.4 Å². The molecule has 0 atom stereocenters. The number of sulfonamides is 1. The molecule has 0 saturated heterocycles. The summed E-state index contributed by atoms with van der Waals surface area (Å²) in [4.78, 5) is 0. The lowest BCUT2D eigenvalue weighted by molar-refractivity contribution is 0.317. The van der Waals surface area contributed by atoms with Crippen LogP contribution in [0.3, 0.4) is 0 Å². The van der Waals surface area contributed by atoms with Crippen molar-refractivity contribution in [3.63, 3.8) is 0 Å². The van der Waals surface area contributed by atoms with Crippen LogP contribution < -0.4 is 4.72 Å². The molecule has 0 radical (unpaired) electrons. The maximum Gasteiger partial charge on any atom is 0.209 e. The molecule has 0 amide bonds. The number of nitrogens with one attached hydrogen (secondary N) is 2. The highest BCUT2D eigenvalue weighted by Crippen LogP contribution is 1.78. The van der Waals surface area contributed by atoms with E-state index in [1.807, 2.05) is 0 Å². The van der Waals surface area contributed by atoms with Gasteiger partial charge >= 0.3 is 0 Å². The van der Waals surface area contributed by atoms with Crippen LogP contribution in [0.2, 0.25) is 0 Å². The van der Waals surface area contributed by atoms with E-state index in [4.69, 9.17) is 10.1 Å². The van der Waals surface area contributed by atoms with E-state index in [0.29, 0.717) is 6.61 Å². The first-order chi connectivity index (χ1) is 4.95. The predicted molar refractivity (Wildman–Crippen MR) is 42.2 cm³/mol. The van der Waals surface area contributed by atoms with Crippen LogP contribution >= 0.6 is 0 Å². The Morgan fingerprint density at radius 2 is 2.18 bits per heavy atom. The second-order valence-electron chi connectivity index (χ2n) is 1.95. The minimum Gasteiger partial charge on any atom is -0.480 e. The zero-order valence-corrected chi connectivity index (χ0v) is 7.36. The molecule has 0 unspecified atom stereocenters. The van der Waals surface area contributed by atoms with E-state index in [0.717, 1.165) is 6.26 Å². The van der Waals surface area contributed by atoms with Crippen LogP contribution in [-0.2, 0) is 14.8 Å². The fourth-order valence-corrected chi connectivity index (χ4v) is 0.815. The normalized spacial score (nSPS) is 11.1. The lowest BCUT2D eigenvalue weighted by atomic mass is 10.7. The van der Waals surface area contributed by atoms with Crippen molar-refractivity contribution in [3.8, 4) is 0 Å². The zero-order chi connectivity index (χ0) is 8.91. The molecule has 0 aliphatic rings. The average Bonchev–Trinajstić information content (AvgIpc) is 1.83. The molecule has 0 aromatic heterocycles. The topological polar surface area (TPSA) is 79.2 Å². The van der Waals surface area contributed by atoms with E-state index >= 15 is 0 Å². The van der Waals surface area contributed by atoms with Gasteiger partial charge in [0, 0.05) is 0 Å². The van der Waals surface area contributed by atoms with Crippen LogP contribution in [-0.4, -0.2) is 33.7 Å². The van der Waals surface area contributed by atoms with E-state index in [2.05, 4.69) is 4.72 Å². The molecule has 0 rings (SSSR count). The van der Waals surface area contributed by atoms with Crippen molar-refractivity contribution >= 4 is 15.9 Å². The molecule has 11 heavy (non-hydrogen) atoms. The fourth-order valence-electron chi connectivity index (χ4n) is 0.422. The lowest BCUT2D eigenvalue weighted by Gasteiger charge is -2.04. The van der Waals surface area contributed by atoms with Crippen LogP contribution in [0.25, 0.3) is 0 Å². The quantitative estimate of drug-likeness (QED) is 0.454. The average molecular weight is 180 g/mol. The highest BCUT2D eigenvalue weighted by atomic mass is 32.2. The van der Waals surface area contributed by atoms with E-state index < -0.39 is 10.0 Å². The largest absolute Gasteiger partial charge is 0.480 e. The minimum absolute atomic E-state index is 0.0714. The second-order valence-corrected chi connectivity index (χ2v) is 3.78. The Balaban J connectivity index is 3.64. The number of ether oxygens (including phenoxy) is 1. The Bertz CT molecular complexity index is 222. The van der Waals surface area contributed by atoms with Crippen LogP contribution in [0.4, 0.5) is 0 Å². The molecule has 0 aliphatic carbocycles. The van der Waals surface area contributed by atoms with Gasteiger partial charge in [-0.1, -0.05) is 0 Å². The first-order valence-corrected chi connectivity index (χ1v) is 4.99. The van der Waals surface area contributed by atoms with Gasteiger partial charge in [-0.25, -0.2) is 13.1 Å². The van der Waals surface area contributed by atoms with Gasteiger partial charge in [0.1, 0.15) is 0 Å². The van der Waals surface area contributed by atoms with Crippen LogP contribution in [0.1, 0.15) is 6.92 Å². The third-order valence-corrected chi connectivity index (χ3v) is 1.48. The number of hydrogen-bond acceptors (Lipinski definition) is 4. The third kappa shape index (κ3) is 7.27. The van der Waals surface area contributed by atoms with E-state index in [1.165, 1.54) is 0 Å². The second kappa shape index (κ2) is 4.30. The van der Waals surface area contributed by atoms with Crippen molar-refractivity contribution in [2.24, 2.45) is 0 Å². The summed E-state index contributed by atoms with van der Waals surface area (Å²) >= 11 is 0. The molecule has 66 valence electrons. The molecule has 0 aromatic carbocycles. The van der Waals surface area contributed by atoms with Crippen molar-refractivity contribution in [3.05, 3.63) is 0 Å². The van der Waals surface area contributed by atoms with Crippen LogP contribution in [0.5, 0.6) is 0 Å². The van der Waals surface area contributed by atoms with E-state index in [-0.39, 0.29) is 12.4 Å². The monoisotopic (exact) mass is 180 g/mol. The summed E-state index contributed by atoms with van der Waals surface area (Å²) in [5, 5.41) is 7.02. The summed E-state index contributed by atoms with van der Waals surface area (Å²) in [7, 11) is -3.21. The van der Waals surface area contributed by atoms with Gasteiger partial charge in [-0.05, 0) is 6.92 Å². The van der Waals surface area contributed by atoms with E-state index in [1.54, 1.807) is 6.92 Å². The molecule has 5 nitrogen and oxygen atoms in total. The summed E-state index contributed by atoms with van der Waals surface area (Å²) < 4.78 is 27.8. The fraction of sp³-hybridized carbons (Fsp3) is 0.800. The van der Waals surface area contributed by atoms with Gasteiger partial charge in [0.25, 0.3) is 0 Å². The van der Waals surface area contributed by atoms with Gasteiger partial charge in [0.05, 0.1) is 19.4 Å². The minimum atomic E-state index is -3.21. The Kier molecular flexibility index (Phi) is 4.06. The first kappa shape index (κ1) is 10.4. The maximum absolute atomic E-state index is 10.5. The van der Waals surface area contributed by atoms with Gasteiger partial charge in [-0.3, -0.25) is 5.41 Å². The van der Waals surface area contributed by atoms with Gasteiger partial charge in [0.2, 0.25) is 10.0 Å². The Morgan fingerprint density at radius 3 is 2.55 bits per heavy atom. The molecule has 0 fully saturated rings.